The molecule has 2 aromatic rings. The van der Waals surface area contributed by atoms with Crippen molar-refractivity contribution in [2.24, 2.45) is 0 Å². The zero-order valence-electron chi connectivity index (χ0n) is 22.9. The first-order chi connectivity index (χ1) is 18.0. The van der Waals surface area contributed by atoms with E-state index in [-0.39, 0.29) is 49.6 Å². The molecule has 0 aliphatic rings. The Balaban J connectivity index is 2.25. The molecule has 2 rings (SSSR count). The zero-order valence-corrected chi connectivity index (χ0v) is 23.8. The number of ether oxygens (including phenoxy) is 1. The number of halogens is 1. The van der Waals surface area contributed by atoms with Crippen LogP contribution in [0.2, 0.25) is 0 Å². The average Bonchev–Trinajstić information content (AvgIpc) is 2.87. The summed E-state index contributed by atoms with van der Waals surface area (Å²) >= 11 is 0. The molecule has 0 fully saturated rings. The molecule has 2 aromatic carbocycles. The van der Waals surface area contributed by atoms with Crippen molar-refractivity contribution in [3.05, 3.63) is 59.9 Å². The van der Waals surface area contributed by atoms with Crippen LogP contribution < -0.4 is 14.4 Å². The maximum absolute atomic E-state index is 13.5. The molecule has 8 nitrogen and oxygen atoms in total. The fraction of sp³-hybridized carbons (Fsp3) is 0.500. The monoisotopic (exact) mass is 549 g/mol. The molecule has 0 aliphatic heterocycles. The Hall–Kier alpha value is -3.14. The fourth-order valence-corrected chi connectivity index (χ4v) is 5.04. The molecule has 0 unspecified atom stereocenters. The number of amides is 2. The molecule has 10 heteroatoms. The normalized spacial score (nSPS) is 12.9. The van der Waals surface area contributed by atoms with Crippen LogP contribution >= 0.6 is 0 Å². The summed E-state index contributed by atoms with van der Waals surface area (Å²) in [5.41, 5.74) is 1.10. The number of nitrogens with zero attached hydrogens (tertiary/aromatic N) is 2. The van der Waals surface area contributed by atoms with Gasteiger partial charge in [0.1, 0.15) is 17.6 Å². The third kappa shape index (κ3) is 9.01. The summed E-state index contributed by atoms with van der Waals surface area (Å²) in [4.78, 5) is 28.1. The van der Waals surface area contributed by atoms with Gasteiger partial charge >= 0.3 is 0 Å². The summed E-state index contributed by atoms with van der Waals surface area (Å²) in [5, 5.41) is 2.95. The lowest BCUT2D eigenvalue weighted by molar-refractivity contribution is -0.141. The van der Waals surface area contributed by atoms with Crippen LogP contribution in [0.25, 0.3) is 0 Å². The van der Waals surface area contributed by atoms with E-state index in [4.69, 9.17) is 4.74 Å². The third-order valence-electron chi connectivity index (χ3n) is 6.24. The summed E-state index contributed by atoms with van der Waals surface area (Å²) in [6, 6.07) is 11.9. The van der Waals surface area contributed by atoms with Crippen LogP contribution in [0.4, 0.5) is 10.1 Å². The minimum atomic E-state index is -3.65. The Morgan fingerprint density at radius 3 is 2.26 bits per heavy atom. The van der Waals surface area contributed by atoms with Crippen LogP contribution in [0.5, 0.6) is 5.75 Å². The number of hydrogen-bond acceptors (Lipinski definition) is 5. The van der Waals surface area contributed by atoms with Crippen LogP contribution in [-0.2, 0) is 26.2 Å². The van der Waals surface area contributed by atoms with Gasteiger partial charge in [0, 0.05) is 25.6 Å². The summed E-state index contributed by atoms with van der Waals surface area (Å²) in [5.74, 6) is -0.480. The van der Waals surface area contributed by atoms with Crippen LogP contribution in [0.3, 0.4) is 0 Å². The van der Waals surface area contributed by atoms with E-state index in [1.807, 2.05) is 27.7 Å². The average molecular weight is 550 g/mol. The van der Waals surface area contributed by atoms with Crippen molar-refractivity contribution < 1.29 is 27.1 Å². The molecular formula is C28H40FN3O5S. The number of rotatable bonds is 15. The van der Waals surface area contributed by atoms with E-state index >= 15 is 0 Å². The predicted molar refractivity (Wildman–Crippen MR) is 148 cm³/mol. The van der Waals surface area contributed by atoms with Gasteiger partial charge in [-0.1, -0.05) is 38.1 Å². The van der Waals surface area contributed by atoms with Crippen LogP contribution in [-0.4, -0.2) is 56.6 Å². The zero-order chi connectivity index (χ0) is 28.3. The van der Waals surface area contributed by atoms with Crippen LogP contribution in [0, 0.1) is 5.82 Å². The highest BCUT2D eigenvalue weighted by Crippen LogP contribution is 2.30. The molecule has 38 heavy (non-hydrogen) atoms. The van der Waals surface area contributed by atoms with Gasteiger partial charge in [0.25, 0.3) is 0 Å². The van der Waals surface area contributed by atoms with Gasteiger partial charge in [-0.15, -0.1) is 0 Å². The molecule has 2 atom stereocenters. The smallest absolute Gasteiger partial charge is 0.243 e. The van der Waals surface area contributed by atoms with Gasteiger partial charge in [0.2, 0.25) is 21.8 Å². The second-order valence-corrected chi connectivity index (χ2v) is 11.1. The maximum atomic E-state index is 13.5. The fourth-order valence-electron chi connectivity index (χ4n) is 4.07. The van der Waals surface area contributed by atoms with Gasteiger partial charge in [-0.25, -0.2) is 12.8 Å². The highest BCUT2D eigenvalue weighted by atomic mass is 32.2. The Kier molecular flexibility index (Phi) is 12.0. The summed E-state index contributed by atoms with van der Waals surface area (Å²) in [6.45, 7) is 8.09. The highest BCUT2D eigenvalue weighted by molar-refractivity contribution is 7.92. The van der Waals surface area contributed by atoms with E-state index in [2.05, 4.69) is 5.32 Å². The largest absolute Gasteiger partial charge is 0.492 e. The van der Waals surface area contributed by atoms with Crippen molar-refractivity contribution in [3.8, 4) is 5.75 Å². The van der Waals surface area contributed by atoms with Crippen molar-refractivity contribution in [2.45, 2.75) is 72.0 Å². The van der Waals surface area contributed by atoms with Crippen molar-refractivity contribution in [2.75, 3.05) is 23.7 Å². The van der Waals surface area contributed by atoms with E-state index in [1.165, 1.54) is 21.3 Å². The lowest BCUT2D eigenvalue weighted by atomic mass is 10.1. The maximum Gasteiger partial charge on any atom is 0.243 e. The quantitative estimate of drug-likeness (QED) is 0.353. The Morgan fingerprint density at radius 2 is 1.68 bits per heavy atom. The molecule has 0 radical (unpaired) electrons. The number of nitrogens with one attached hydrogen (secondary N) is 1. The first kappa shape index (κ1) is 31.1. The number of sulfonamides is 1. The van der Waals surface area contributed by atoms with Crippen LogP contribution in [0.15, 0.2) is 48.5 Å². The van der Waals surface area contributed by atoms with E-state index < -0.39 is 16.1 Å². The number of anilines is 1. The molecule has 0 bridgehead atoms. The van der Waals surface area contributed by atoms with Crippen molar-refractivity contribution >= 4 is 27.5 Å². The second-order valence-electron chi connectivity index (χ2n) is 9.23. The Labute approximate surface area is 226 Å². The molecule has 0 aliphatic carbocycles. The molecule has 2 amide bonds. The molecule has 0 saturated carbocycles. The van der Waals surface area contributed by atoms with Gasteiger partial charge in [-0.05, 0) is 62.9 Å². The minimum absolute atomic E-state index is 0.0249. The number of carbonyl (C=O) groups is 2. The van der Waals surface area contributed by atoms with Crippen LogP contribution in [0.1, 0.15) is 58.9 Å². The van der Waals surface area contributed by atoms with Gasteiger partial charge in [0.05, 0.1) is 18.6 Å². The van der Waals surface area contributed by atoms with Crippen molar-refractivity contribution in [1.29, 1.82) is 0 Å². The summed E-state index contributed by atoms with van der Waals surface area (Å²) in [7, 11) is -3.65. The number of benzene rings is 2. The third-order valence-corrected chi connectivity index (χ3v) is 7.42. The predicted octanol–water partition coefficient (Wildman–Crippen LogP) is 4.49. The lowest BCUT2D eigenvalue weighted by Gasteiger charge is -2.32. The molecule has 0 saturated heterocycles. The number of carbonyl (C=O) groups excluding carboxylic acids is 2. The van der Waals surface area contributed by atoms with Gasteiger partial charge in [0.15, 0.2) is 0 Å². The number of hydrogen-bond donors (Lipinski definition) is 1. The molecule has 210 valence electrons. The molecule has 0 aromatic heterocycles. The molecular weight excluding hydrogens is 509 g/mol. The topological polar surface area (TPSA) is 96.0 Å². The van der Waals surface area contributed by atoms with Gasteiger partial charge < -0.3 is 15.0 Å². The summed E-state index contributed by atoms with van der Waals surface area (Å²) < 4.78 is 45.6. The minimum Gasteiger partial charge on any atom is -0.492 e. The molecule has 0 spiro atoms. The number of para-hydroxylation sites is 2. The lowest BCUT2D eigenvalue weighted by Crippen LogP contribution is -2.50. The first-order valence-electron chi connectivity index (χ1n) is 13.1. The Bertz CT molecular complexity index is 1160. The highest BCUT2D eigenvalue weighted by Gasteiger charge is 2.29. The van der Waals surface area contributed by atoms with Gasteiger partial charge in [-0.3, -0.25) is 13.9 Å². The van der Waals surface area contributed by atoms with Crippen molar-refractivity contribution in [3.63, 3.8) is 0 Å². The van der Waals surface area contributed by atoms with Crippen molar-refractivity contribution in [1.82, 2.24) is 10.2 Å². The second kappa shape index (κ2) is 14.7. The SMILES string of the molecule is CCOc1ccccc1N(CCCC(=O)N(Cc1ccc(F)cc1)[C@@H](CC)C(=O)N[C@@H](C)CC)S(C)(=O)=O. The summed E-state index contributed by atoms with van der Waals surface area (Å²) in [6.07, 6.45) is 2.52. The van der Waals surface area contributed by atoms with E-state index in [9.17, 15) is 22.4 Å². The van der Waals surface area contributed by atoms with E-state index in [1.54, 1.807) is 36.4 Å². The molecule has 0 heterocycles. The van der Waals surface area contributed by atoms with E-state index in [0.29, 0.717) is 30.0 Å². The molecule has 1 N–H and O–H groups in total. The standard InChI is InChI=1S/C28H40FN3O5S/c1-6-21(4)30-28(34)24(7-2)31(20-22-15-17-23(29)18-16-22)27(33)14-11-19-32(38(5,35)36)25-12-9-10-13-26(25)37-8-3/h9-10,12-13,15-18,21,24H,6-8,11,14,19-20H2,1-5H3,(H,30,34)/t21-,24-/m0/s1. The first-order valence-corrected chi connectivity index (χ1v) is 14.9. The van der Waals surface area contributed by atoms with E-state index in [0.717, 1.165) is 12.7 Å². The Morgan fingerprint density at radius 1 is 1.03 bits per heavy atom. The van der Waals surface area contributed by atoms with Gasteiger partial charge in [-0.2, -0.15) is 0 Å².